The minimum Gasteiger partial charge on any atom is -0.392 e. The molecule has 1 fully saturated rings. The Bertz CT molecular complexity index is 646. The predicted molar refractivity (Wildman–Crippen MR) is 81.8 cm³/mol. The van der Waals surface area contributed by atoms with Gasteiger partial charge in [0, 0.05) is 16.1 Å². The zero-order valence-electron chi connectivity index (χ0n) is 12.0. The summed E-state index contributed by atoms with van der Waals surface area (Å²) in [5.41, 5.74) is 0.0516. The molecule has 118 valence electrons. The van der Waals surface area contributed by atoms with E-state index in [0.29, 0.717) is 4.47 Å². The molecule has 7 heteroatoms. The minimum atomic E-state index is -3.95. The summed E-state index contributed by atoms with van der Waals surface area (Å²) in [6.45, 7) is 3.62. The smallest absolute Gasteiger partial charge is 0.243 e. The minimum absolute atomic E-state index is 0.0449. The largest absolute Gasteiger partial charge is 0.392 e. The molecule has 1 aromatic carbocycles. The molecule has 0 amide bonds. The number of aliphatic hydroxyl groups is 1. The van der Waals surface area contributed by atoms with Crippen molar-refractivity contribution in [1.29, 1.82) is 0 Å². The molecule has 2 N–H and O–H groups in total. The van der Waals surface area contributed by atoms with Gasteiger partial charge in [-0.3, -0.25) is 0 Å². The van der Waals surface area contributed by atoms with E-state index in [1.807, 2.05) is 0 Å². The fraction of sp³-hybridized carbons (Fsp3) is 0.571. The van der Waals surface area contributed by atoms with Gasteiger partial charge < -0.3 is 5.11 Å². The van der Waals surface area contributed by atoms with E-state index in [0.717, 1.165) is 19.3 Å². The van der Waals surface area contributed by atoms with Crippen molar-refractivity contribution >= 4 is 26.0 Å². The van der Waals surface area contributed by atoms with Crippen LogP contribution in [0.5, 0.6) is 0 Å². The molecule has 1 aliphatic rings. The normalized spacial score (nSPS) is 21.7. The van der Waals surface area contributed by atoms with Crippen LogP contribution in [-0.2, 0) is 16.6 Å². The number of nitrogens with one attached hydrogen (secondary N) is 1. The van der Waals surface area contributed by atoms with Crippen LogP contribution in [0.3, 0.4) is 0 Å². The van der Waals surface area contributed by atoms with Gasteiger partial charge in [0.15, 0.2) is 0 Å². The zero-order valence-corrected chi connectivity index (χ0v) is 14.4. The number of aliphatic hydroxyl groups excluding tert-OH is 1. The number of rotatable bonds is 4. The molecule has 0 bridgehead atoms. The molecule has 4 nitrogen and oxygen atoms in total. The fourth-order valence-corrected chi connectivity index (χ4v) is 4.82. The van der Waals surface area contributed by atoms with Crippen molar-refractivity contribution in [1.82, 2.24) is 4.72 Å². The molecule has 0 saturated heterocycles. The van der Waals surface area contributed by atoms with E-state index in [4.69, 9.17) is 5.11 Å². The summed E-state index contributed by atoms with van der Waals surface area (Å²) in [4.78, 5) is -0.425. The van der Waals surface area contributed by atoms with Crippen molar-refractivity contribution in [2.45, 2.75) is 50.7 Å². The lowest BCUT2D eigenvalue weighted by Gasteiger charge is -2.18. The Kier molecular flexibility index (Phi) is 4.78. The van der Waals surface area contributed by atoms with Crippen molar-refractivity contribution < 1.29 is 17.9 Å². The molecule has 0 radical (unpaired) electrons. The second-order valence-electron chi connectivity index (χ2n) is 6.26. The average molecular weight is 380 g/mol. The van der Waals surface area contributed by atoms with Crippen LogP contribution < -0.4 is 4.72 Å². The van der Waals surface area contributed by atoms with E-state index < -0.39 is 27.3 Å². The summed E-state index contributed by atoms with van der Waals surface area (Å²) in [5.74, 6) is -0.898. The molecule has 2 rings (SSSR count). The van der Waals surface area contributed by atoms with Crippen LogP contribution in [0.2, 0.25) is 0 Å². The number of hydrogen-bond donors (Lipinski definition) is 2. The second kappa shape index (κ2) is 5.95. The highest BCUT2D eigenvalue weighted by molar-refractivity contribution is 9.10. The van der Waals surface area contributed by atoms with Crippen molar-refractivity contribution in [2.24, 2.45) is 5.41 Å². The molecule has 1 saturated carbocycles. The molecule has 21 heavy (non-hydrogen) atoms. The molecule has 1 unspecified atom stereocenters. The van der Waals surface area contributed by atoms with Gasteiger partial charge in [0.25, 0.3) is 0 Å². The van der Waals surface area contributed by atoms with Crippen LogP contribution >= 0.6 is 15.9 Å². The van der Waals surface area contributed by atoms with E-state index in [1.165, 1.54) is 12.1 Å². The topological polar surface area (TPSA) is 66.4 Å². The van der Waals surface area contributed by atoms with E-state index in [1.54, 1.807) is 0 Å². The first-order chi connectivity index (χ1) is 9.64. The van der Waals surface area contributed by atoms with Crippen molar-refractivity contribution in [3.8, 4) is 0 Å². The molecule has 1 atom stereocenters. The number of halogens is 2. The van der Waals surface area contributed by atoms with Crippen molar-refractivity contribution in [3.63, 3.8) is 0 Å². The van der Waals surface area contributed by atoms with Gasteiger partial charge >= 0.3 is 0 Å². The Morgan fingerprint density at radius 2 is 2.14 bits per heavy atom. The van der Waals surface area contributed by atoms with Gasteiger partial charge in [-0.1, -0.05) is 29.8 Å². The maximum absolute atomic E-state index is 14.2. The van der Waals surface area contributed by atoms with Gasteiger partial charge in [-0.15, -0.1) is 0 Å². The average Bonchev–Trinajstić information content (AvgIpc) is 2.70. The summed E-state index contributed by atoms with van der Waals surface area (Å²) < 4.78 is 41.9. The third-order valence-electron chi connectivity index (χ3n) is 3.83. The summed E-state index contributed by atoms with van der Waals surface area (Å²) in [5, 5.41) is 9.11. The van der Waals surface area contributed by atoms with Crippen LogP contribution in [0.25, 0.3) is 0 Å². The van der Waals surface area contributed by atoms with Crippen LogP contribution in [0.15, 0.2) is 21.5 Å². The number of sulfonamides is 1. The van der Waals surface area contributed by atoms with Gasteiger partial charge in [-0.2, -0.15) is 0 Å². The van der Waals surface area contributed by atoms with E-state index in [9.17, 15) is 12.8 Å². The highest BCUT2D eigenvalue weighted by Crippen LogP contribution is 2.37. The zero-order chi connectivity index (χ0) is 15.8. The summed E-state index contributed by atoms with van der Waals surface area (Å²) in [6.07, 6.45) is 2.41. The second-order valence-corrected chi connectivity index (χ2v) is 8.86. The third-order valence-corrected chi connectivity index (χ3v) is 5.81. The van der Waals surface area contributed by atoms with Gasteiger partial charge in [0.05, 0.1) is 6.61 Å². The Balaban J connectivity index is 2.30. The van der Waals surface area contributed by atoms with Crippen LogP contribution in [-0.4, -0.2) is 19.6 Å². The number of hydrogen-bond acceptors (Lipinski definition) is 3. The van der Waals surface area contributed by atoms with Crippen LogP contribution in [0.1, 0.15) is 38.7 Å². The van der Waals surface area contributed by atoms with Gasteiger partial charge in [0.1, 0.15) is 10.7 Å². The Labute approximate surface area is 132 Å². The van der Waals surface area contributed by atoms with Gasteiger partial charge in [0.2, 0.25) is 10.0 Å². The lowest BCUT2D eigenvalue weighted by molar-refractivity contribution is 0.274. The maximum atomic E-state index is 14.2. The fourth-order valence-electron chi connectivity index (χ4n) is 2.75. The molecular formula is C14H19BrFNO3S. The quantitative estimate of drug-likeness (QED) is 0.844. The summed E-state index contributed by atoms with van der Waals surface area (Å²) in [7, 11) is -3.95. The Hall–Kier alpha value is -0.500. The van der Waals surface area contributed by atoms with Gasteiger partial charge in [-0.05, 0) is 36.8 Å². The highest BCUT2D eigenvalue weighted by Gasteiger charge is 2.34. The highest BCUT2D eigenvalue weighted by atomic mass is 79.9. The Morgan fingerprint density at radius 1 is 1.48 bits per heavy atom. The number of benzene rings is 1. The lowest BCUT2D eigenvalue weighted by atomic mass is 9.92. The first-order valence-electron chi connectivity index (χ1n) is 6.76. The third kappa shape index (κ3) is 3.83. The Morgan fingerprint density at radius 3 is 2.67 bits per heavy atom. The van der Waals surface area contributed by atoms with Crippen molar-refractivity contribution in [3.05, 3.63) is 28.0 Å². The monoisotopic (exact) mass is 379 g/mol. The summed E-state index contributed by atoms with van der Waals surface area (Å²) in [6, 6.07) is 2.41. The maximum Gasteiger partial charge on any atom is 0.243 e. The SMILES string of the molecule is CC1(C)CCC(NS(=O)(=O)c2cc(Br)cc(CO)c2F)C1. The standard InChI is InChI=1S/C14H19BrFNO3S/c1-14(2)4-3-11(7-14)17-21(19,20)12-6-10(15)5-9(8-18)13(12)16/h5-6,11,17-18H,3-4,7-8H2,1-2H3. The van der Waals surface area contributed by atoms with Crippen LogP contribution in [0, 0.1) is 11.2 Å². The molecule has 0 aliphatic heterocycles. The molecular weight excluding hydrogens is 361 g/mol. The predicted octanol–water partition coefficient (Wildman–Crippen LogP) is 2.94. The van der Waals surface area contributed by atoms with E-state index in [-0.39, 0.29) is 17.0 Å². The molecule has 1 aromatic rings. The van der Waals surface area contributed by atoms with Crippen molar-refractivity contribution in [2.75, 3.05) is 0 Å². The van der Waals surface area contributed by atoms with Crippen LogP contribution in [0.4, 0.5) is 4.39 Å². The first-order valence-corrected chi connectivity index (χ1v) is 9.03. The first kappa shape index (κ1) is 16.9. The molecule has 0 spiro atoms. The van der Waals surface area contributed by atoms with Gasteiger partial charge in [-0.25, -0.2) is 17.5 Å². The molecule has 1 aliphatic carbocycles. The molecule has 0 heterocycles. The van der Waals surface area contributed by atoms with E-state index in [2.05, 4.69) is 34.5 Å². The molecule has 0 aromatic heterocycles. The lowest BCUT2D eigenvalue weighted by Crippen LogP contribution is -2.34. The summed E-state index contributed by atoms with van der Waals surface area (Å²) >= 11 is 3.14. The van der Waals surface area contributed by atoms with E-state index >= 15 is 0 Å².